The number of hydrogen-bond acceptors (Lipinski definition) is 3. The van der Waals surface area contributed by atoms with Crippen LogP contribution in [0.15, 0.2) is 48.5 Å². The zero-order valence-electron chi connectivity index (χ0n) is 14.5. The van der Waals surface area contributed by atoms with Gasteiger partial charge in [-0.05, 0) is 36.2 Å². The standard InChI is InChI=1S/C20H22N2O3/c1-3-14-7-6-8-16(11-14)22-13-15(12-19(22)23)20(24)21-17-9-4-5-10-18(17)25-2/h4-11,15H,3,12-13H2,1-2H3,(H,21,24)/t15-/m1/s1. The van der Waals surface area contributed by atoms with E-state index in [4.69, 9.17) is 4.74 Å². The van der Waals surface area contributed by atoms with Gasteiger partial charge in [-0.2, -0.15) is 0 Å². The zero-order valence-corrected chi connectivity index (χ0v) is 14.5. The summed E-state index contributed by atoms with van der Waals surface area (Å²) in [5, 5.41) is 2.88. The highest BCUT2D eigenvalue weighted by Gasteiger charge is 2.35. The fourth-order valence-electron chi connectivity index (χ4n) is 3.06. The Morgan fingerprint density at radius 2 is 2.04 bits per heavy atom. The third-order valence-electron chi connectivity index (χ3n) is 4.49. The van der Waals surface area contributed by atoms with Crippen LogP contribution >= 0.6 is 0 Å². The molecule has 5 heteroatoms. The molecule has 1 aliphatic rings. The first kappa shape index (κ1) is 17.0. The number of methoxy groups -OCH3 is 1. The van der Waals surface area contributed by atoms with E-state index in [-0.39, 0.29) is 24.2 Å². The molecule has 2 amide bonds. The summed E-state index contributed by atoms with van der Waals surface area (Å²) < 4.78 is 5.25. The predicted molar refractivity (Wildman–Crippen MR) is 97.9 cm³/mol. The van der Waals surface area contributed by atoms with Crippen molar-refractivity contribution in [2.24, 2.45) is 5.92 Å². The van der Waals surface area contributed by atoms with E-state index in [2.05, 4.69) is 12.2 Å². The number of anilines is 2. The summed E-state index contributed by atoms with van der Waals surface area (Å²) in [6.07, 6.45) is 1.13. The molecule has 1 saturated heterocycles. The molecule has 130 valence electrons. The van der Waals surface area contributed by atoms with Gasteiger partial charge in [-0.3, -0.25) is 9.59 Å². The Balaban J connectivity index is 1.72. The van der Waals surface area contributed by atoms with E-state index >= 15 is 0 Å². The number of carbonyl (C=O) groups is 2. The van der Waals surface area contributed by atoms with Gasteiger partial charge >= 0.3 is 0 Å². The molecule has 0 aliphatic carbocycles. The molecule has 2 aromatic carbocycles. The van der Waals surface area contributed by atoms with Crippen LogP contribution in [0, 0.1) is 5.92 Å². The second-order valence-electron chi connectivity index (χ2n) is 6.12. The fourth-order valence-corrected chi connectivity index (χ4v) is 3.06. The topological polar surface area (TPSA) is 58.6 Å². The normalized spacial score (nSPS) is 16.8. The molecule has 2 aromatic rings. The summed E-state index contributed by atoms with van der Waals surface area (Å²) in [6.45, 7) is 2.47. The van der Waals surface area contributed by atoms with Crippen LogP contribution in [-0.4, -0.2) is 25.5 Å². The smallest absolute Gasteiger partial charge is 0.229 e. The van der Waals surface area contributed by atoms with Gasteiger partial charge < -0.3 is 15.0 Å². The number of nitrogens with one attached hydrogen (secondary N) is 1. The van der Waals surface area contributed by atoms with Crippen LogP contribution in [0.5, 0.6) is 5.75 Å². The molecule has 1 heterocycles. The minimum Gasteiger partial charge on any atom is -0.495 e. The van der Waals surface area contributed by atoms with Gasteiger partial charge in [0.25, 0.3) is 0 Å². The van der Waals surface area contributed by atoms with Crippen molar-refractivity contribution in [2.75, 3.05) is 23.9 Å². The molecule has 0 aromatic heterocycles. The number of benzene rings is 2. The van der Waals surface area contributed by atoms with Crippen molar-refractivity contribution in [3.63, 3.8) is 0 Å². The average molecular weight is 338 g/mol. The van der Waals surface area contributed by atoms with Crippen LogP contribution < -0.4 is 15.0 Å². The average Bonchev–Trinajstić information content (AvgIpc) is 3.04. The van der Waals surface area contributed by atoms with E-state index in [1.165, 1.54) is 5.56 Å². The molecular formula is C20H22N2O3. The Morgan fingerprint density at radius 1 is 1.24 bits per heavy atom. The maximum atomic E-state index is 12.6. The SMILES string of the molecule is CCc1cccc(N2C[C@H](C(=O)Nc3ccccc3OC)CC2=O)c1. The van der Waals surface area contributed by atoms with Crippen LogP contribution in [0.25, 0.3) is 0 Å². The highest BCUT2D eigenvalue weighted by atomic mass is 16.5. The van der Waals surface area contributed by atoms with E-state index in [1.54, 1.807) is 24.1 Å². The maximum Gasteiger partial charge on any atom is 0.229 e. The van der Waals surface area contributed by atoms with Crippen LogP contribution in [0.1, 0.15) is 18.9 Å². The Labute approximate surface area is 147 Å². The van der Waals surface area contributed by atoms with Crippen molar-refractivity contribution in [2.45, 2.75) is 19.8 Å². The Bertz CT molecular complexity index is 788. The van der Waals surface area contributed by atoms with Gasteiger partial charge in [-0.15, -0.1) is 0 Å². The predicted octanol–water partition coefficient (Wildman–Crippen LogP) is 3.25. The first-order valence-electron chi connectivity index (χ1n) is 8.45. The zero-order chi connectivity index (χ0) is 17.8. The number of amides is 2. The van der Waals surface area contributed by atoms with Gasteiger partial charge in [0.1, 0.15) is 5.75 Å². The fraction of sp³-hybridized carbons (Fsp3) is 0.300. The van der Waals surface area contributed by atoms with Crippen molar-refractivity contribution < 1.29 is 14.3 Å². The van der Waals surface area contributed by atoms with Gasteiger partial charge in [0.05, 0.1) is 18.7 Å². The lowest BCUT2D eigenvalue weighted by molar-refractivity contribution is -0.122. The monoisotopic (exact) mass is 338 g/mol. The molecule has 25 heavy (non-hydrogen) atoms. The molecule has 1 atom stereocenters. The second-order valence-corrected chi connectivity index (χ2v) is 6.12. The van der Waals surface area contributed by atoms with Gasteiger partial charge in [0, 0.05) is 18.7 Å². The van der Waals surface area contributed by atoms with Crippen LogP contribution in [0.2, 0.25) is 0 Å². The van der Waals surface area contributed by atoms with Gasteiger partial charge in [0.15, 0.2) is 0 Å². The van der Waals surface area contributed by atoms with E-state index in [0.717, 1.165) is 12.1 Å². The summed E-state index contributed by atoms with van der Waals surface area (Å²) in [5.41, 5.74) is 2.65. The quantitative estimate of drug-likeness (QED) is 0.910. The number of ether oxygens (including phenoxy) is 1. The summed E-state index contributed by atoms with van der Waals surface area (Å²) in [6, 6.07) is 15.2. The lowest BCUT2D eigenvalue weighted by Gasteiger charge is -2.18. The van der Waals surface area contributed by atoms with Gasteiger partial charge in [0.2, 0.25) is 11.8 Å². The Kier molecular flexibility index (Phi) is 5.03. The van der Waals surface area contributed by atoms with Gasteiger partial charge in [-0.1, -0.05) is 31.2 Å². The molecular weight excluding hydrogens is 316 g/mol. The molecule has 0 bridgehead atoms. The largest absolute Gasteiger partial charge is 0.495 e. The molecule has 0 unspecified atom stereocenters. The van der Waals surface area contributed by atoms with E-state index < -0.39 is 0 Å². The van der Waals surface area contributed by atoms with Gasteiger partial charge in [-0.25, -0.2) is 0 Å². The molecule has 1 fully saturated rings. The lowest BCUT2D eigenvalue weighted by atomic mass is 10.1. The van der Waals surface area contributed by atoms with E-state index in [9.17, 15) is 9.59 Å². The first-order chi connectivity index (χ1) is 12.1. The minimum absolute atomic E-state index is 0.0200. The van der Waals surface area contributed by atoms with Crippen LogP contribution in [0.3, 0.4) is 0 Å². The highest BCUT2D eigenvalue weighted by molar-refractivity contribution is 6.03. The summed E-state index contributed by atoms with van der Waals surface area (Å²) >= 11 is 0. The van der Waals surface area contributed by atoms with Crippen molar-refractivity contribution in [3.05, 3.63) is 54.1 Å². The third kappa shape index (κ3) is 3.65. The second kappa shape index (κ2) is 7.38. The summed E-state index contributed by atoms with van der Waals surface area (Å²) in [5.74, 6) is 0.0517. The number of nitrogens with zero attached hydrogens (tertiary/aromatic N) is 1. The molecule has 3 rings (SSSR count). The van der Waals surface area contributed by atoms with Crippen molar-refractivity contribution >= 4 is 23.2 Å². The molecule has 0 radical (unpaired) electrons. The minimum atomic E-state index is -0.373. The first-order valence-corrected chi connectivity index (χ1v) is 8.45. The van der Waals surface area contributed by atoms with Crippen molar-refractivity contribution in [3.8, 4) is 5.75 Å². The Morgan fingerprint density at radius 3 is 2.80 bits per heavy atom. The molecule has 0 saturated carbocycles. The van der Waals surface area contributed by atoms with E-state index in [1.807, 2.05) is 36.4 Å². The van der Waals surface area contributed by atoms with Crippen LogP contribution in [0.4, 0.5) is 11.4 Å². The highest BCUT2D eigenvalue weighted by Crippen LogP contribution is 2.28. The lowest BCUT2D eigenvalue weighted by Crippen LogP contribution is -2.28. The Hall–Kier alpha value is -2.82. The van der Waals surface area contributed by atoms with Crippen LogP contribution in [-0.2, 0) is 16.0 Å². The number of carbonyl (C=O) groups excluding carboxylic acids is 2. The number of aryl methyl sites for hydroxylation is 1. The number of hydrogen-bond donors (Lipinski definition) is 1. The van der Waals surface area contributed by atoms with Crippen molar-refractivity contribution in [1.29, 1.82) is 0 Å². The summed E-state index contributed by atoms with van der Waals surface area (Å²) in [4.78, 5) is 26.7. The molecule has 5 nitrogen and oxygen atoms in total. The maximum absolute atomic E-state index is 12.6. The number of rotatable bonds is 5. The third-order valence-corrected chi connectivity index (χ3v) is 4.49. The number of para-hydroxylation sites is 2. The van der Waals surface area contributed by atoms with E-state index in [0.29, 0.717) is 18.0 Å². The van der Waals surface area contributed by atoms with Crippen molar-refractivity contribution in [1.82, 2.24) is 0 Å². The summed E-state index contributed by atoms with van der Waals surface area (Å²) in [7, 11) is 1.56. The molecule has 1 aliphatic heterocycles. The molecule has 1 N–H and O–H groups in total. The molecule has 0 spiro atoms.